The van der Waals surface area contributed by atoms with Crippen molar-refractivity contribution in [3.8, 4) is 0 Å². The number of esters is 1. The summed E-state index contributed by atoms with van der Waals surface area (Å²) in [5.41, 5.74) is 1.28. The van der Waals surface area contributed by atoms with E-state index in [9.17, 15) is 4.79 Å². The van der Waals surface area contributed by atoms with Gasteiger partial charge in [-0.05, 0) is 32.1 Å². The van der Waals surface area contributed by atoms with E-state index in [4.69, 9.17) is 4.74 Å². The third-order valence-electron chi connectivity index (χ3n) is 5.52. The van der Waals surface area contributed by atoms with Crippen LogP contribution in [0.5, 0.6) is 0 Å². The van der Waals surface area contributed by atoms with Gasteiger partial charge in [-0.1, -0.05) is 125 Å². The summed E-state index contributed by atoms with van der Waals surface area (Å²) in [6.45, 7) is 5.03. The molecule has 0 saturated heterocycles. The molecule has 0 aliphatic carbocycles. The Bertz CT molecular complexity index is 379. The van der Waals surface area contributed by atoms with E-state index in [1.165, 1.54) is 102 Å². The van der Waals surface area contributed by atoms with Crippen LogP contribution >= 0.6 is 15.9 Å². The lowest BCUT2D eigenvalue weighted by Crippen LogP contribution is -2.04. The molecule has 172 valence electrons. The third-order valence-corrected chi connectivity index (χ3v) is 6.08. The van der Waals surface area contributed by atoms with E-state index in [1.807, 2.05) is 0 Å². The van der Waals surface area contributed by atoms with Crippen LogP contribution in [0.25, 0.3) is 0 Å². The molecule has 0 rings (SSSR count). The van der Waals surface area contributed by atoms with Gasteiger partial charge in [0.25, 0.3) is 0 Å². The Labute approximate surface area is 190 Å². The number of halogens is 1. The lowest BCUT2D eigenvalue weighted by Gasteiger charge is -2.07. The minimum Gasteiger partial charge on any atom is -0.463 e. The molecule has 0 saturated carbocycles. The minimum atomic E-state index is -0.122. The highest BCUT2D eigenvalue weighted by atomic mass is 79.9. The van der Waals surface area contributed by atoms with Gasteiger partial charge in [-0.25, -0.2) is 4.79 Å². The molecule has 2 nitrogen and oxygen atoms in total. The molecular formula is C26H49BrO2. The number of ether oxygens (including phenoxy) is 1. The molecule has 0 spiro atoms. The maximum atomic E-state index is 12.1. The lowest BCUT2D eigenvalue weighted by atomic mass is 10.0. The molecule has 0 bridgehead atoms. The van der Waals surface area contributed by atoms with Crippen LogP contribution in [-0.4, -0.2) is 17.9 Å². The number of hydrogen-bond acceptors (Lipinski definition) is 2. The van der Waals surface area contributed by atoms with Gasteiger partial charge >= 0.3 is 5.97 Å². The molecule has 0 aromatic rings. The number of alkyl halides is 1. The van der Waals surface area contributed by atoms with Crippen LogP contribution in [0.3, 0.4) is 0 Å². The molecule has 0 amide bonds. The lowest BCUT2D eigenvalue weighted by molar-refractivity contribution is -0.137. The van der Waals surface area contributed by atoms with Gasteiger partial charge in [-0.3, -0.25) is 0 Å². The Morgan fingerprint density at radius 2 is 1.17 bits per heavy atom. The zero-order valence-electron chi connectivity index (χ0n) is 19.6. The summed E-state index contributed by atoms with van der Waals surface area (Å²) in [6, 6.07) is 0. The van der Waals surface area contributed by atoms with Gasteiger partial charge in [0, 0.05) is 11.4 Å². The van der Waals surface area contributed by atoms with E-state index in [0.717, 1.165) is 31.0 Å². The number of hydrogen-bond donors (Lipinski definition) is 0. The SMILES string of the molecule is CCCCCCCCCC/C(=C/C(=O)OCCCCCCCCCCBr)CCC. The van der Waals surface area contributed by atoms with E-state index >= 15 is 0 Å². The molecule has 0 fully saturated rings. The monoisotopic (exact) mass is 472 g/mol. The van der Waals surface area contributed by atoms with Crippen LogP contribution in [0.2, 0.25) is 0 Å². The fraction of sp³-hybridized carbons (Fsp3) is 0.885. The van der Waals surface area contributed by atoms with Gasteiger partial charge in [0.1, 0.15) is 0 Å². The first kappa shape index (κ1) is 28.7. The third kappa shape index (κ3) is 22.2. The second-order valence-electron chi connectivity index (χ2n) is 8.46. The standard InChI is InChI=1S/C26H49BrO2/c1-3-5-6-7-8-11-14-17-21-25(20-4-2)24-26(28)29-23-19-16-13-10-9-12-15-18-22-27/h24H,3-23H2,1-2H3/b25-24+. The van der Waals surface area contributed by atoms with Gasteiger partial charge in [0.2, 0.25) is 0 Å². The molecular weight excluding hydrogens is 424 g/mol. The summed E-state index contributed by atoms with van der Waals surface area (Å²) in [5.74, 6) is -0.122. The van der Waals surface area contributed by atoms with Crippen molar-refractivity contribution in [3.63, 3.8) is 0 Å². The summed E-state index contributed by atoms with van der Waals surface area (Å²) in [4.78, 5) is 12.1. The van der Waals surface area contributed by atoms with Crippen molar-refractivity contribution in [3.05, 3.63) is 11.6 Å². The number of carbonyl (C=O) groups is 1. The Balaban J connectivity index is 3.72. The second kappa shape index (κ2) is 24.0. The molecule has 29 heavy (non-hydrogen) atoms. The smallest absolute Gasteiger partial charge is 0.330 e. The average molecular weight is 474 g/mol. The van der Waals surface area contributed by atoms with Crippen molar-refractivity contribution < 1.29 is 9.53 Å². The Kier molecular flexibility index (Phi) is 23.7. The van der Waals surface area contributed by atoms with Crippen molar-refractivity contribution in [1.29, 1.82) is 0 Å². The second-order valence-corrected chi connectivity index (χ2v) is 9.26. The van der Waals surface area contributed by atoms with E-state index in [1.54, 1.807) is 6.08 Å². The molecule has 0 aromatic carbocycles. The predicted octanol–water partition coefficient (Wildman–Crippen LogP) is 9.30. The summed E-state index contributed by atoms with van der Waals surface area (Å²) in [5, 5.41) is 1.13. The highest BCUT2D eigenvalue weighted by Gasteiger charge is 2.04. The van der Waals surface area contributed by atoms with Crippen molar-refractivity contribution in [2.24, 2.45) is 0 Å². The van der Waals surface area contributed by atoms with Crippen LogP contribution in [-0.2, 0) is 9.53 Å². The highest BCUT2D eigenvalue weighted by molar-refractivity contribution is 9.09. The Morgan fingerprint density at radius 1 is 0.655 bits per heavy atom. The van der Waals surface area contributed by atoms with Crippen molar-refractivity contribution in [1.82, 2.24) is 0 Å². The quantitative estimate of drug-likeness (QED) is 0.0678. The average Bonchev–Trinajstić information content (AvgIpc) is 2.71. The van der Waals surface area contributed by atoms with E-state index in [2.05, 4.69) is 29.8 Å². The zero-order chi connectivity index (χ0) is 21.4. The van der Waals surface area contributed by atoms with Crippen LogP contribution < -0.4 is 0 Å². The number of rotatable bonds is 22. The van der Waals surface area contributed by atoms with Gasteiger partial charge in [-0.15, -0.1) is 0 Å². The summed E-state index contributed by atoms with van der Waals surface area (Å²) in [7, 11) is 0. The predicted molar refractivity (Wildman–Crippen MR) is 132 cm³/mol. The maximum absolute atomic E-state index is 12.1. The van der Waals surface area contributed by atoms with Crippen molar-refractivity contribution in [2.45, 2.75) is 136 Å². The van der Waals surface area contributed by atoms with Gasteiger partial charge in [-0.2, -0.15) is 0 Å². The summed E-state index contributed by atoms with van der Waals surface area (Å²) < 4.78 is 5.44. The molecule has 0 atom stereocenters. The maximum Gasteiger partial charge on any atom is 0.330 e. The fourth-order valence-corrected chi connectivity index (χ4v) is 4.11. The van der Waals surface area contributed by atoms with Crippen molar-refractivity contribution in [2.75, 3.05) is 11.9 Å². The minimum absolute atomic E-state index is 0.122. The van der Waals surface area contributed by atoms with Gasteiger partial charge < -0.3 is 4.74 Å². The molecule has 0 N–H and O–H groups in total. The van der Waals surface area contributed by atoms with Crippen LogP contribution in [0.4, 0.5) is 0 Å². The molecule has 0 aromatic heterocycles. The first-order valence-electron chi connectivity index (χ1n) is 12.7. The van der Waals surface area contributed by atoms with E-state index in [-0.39, 0.29) is 5.97 Å². The fourth-order valence-electron chi connectivity index (χ4n) is 3.71. The van der Waals surface area contributed by atoms with Crippen LogP contribution in [0, 0.1) is 0 Å². The molecule has 0 aliphatic heterocycles. The highest BCUT2D eigenvalue weighted by Crippen LogP contribution is 2.17. The molecule has 0 heterocycles. The molecule has 0 radical (unpaired) electrons. The normalized spacial score (nSPS) is 11.8. The number of carbonyl (C=O) groups excluding carboxylic acids is 1. The first-order chi connectivity index (χ1) is 14.2. The molecule has 0 aliphatic rings. The van der Waals surface area contributed by atoms with E-state index in [0.29, 0.717) is 6.61 Å². The topological polar surface area (TPSA) is 26.3 Å². The number of unbranched alkanes of at least 4 members (excludes halogenated alkanes) is 14. The first-order valence-corrected chi connectivity index (χ1v) is 13.8. The summed E-state index contributed by atoms with van der Waals surface area (Å²) in [6.07, 6.45) is 25.7. The van der Waals surface area contributed by atoms with Gasteiger partial charge in [0.15, 0.2) is 0 Å². The zero-order valence-corrected chi connectivity index (χ0v) is 21.2. The molecule has 3 heteroatoms. The largest absolute Gasteiger partial charge is 0.463 e. The number of allylic oxidation sites excluding steroid dienone is 1. The van der Waals surface area contributed by atoms with Crippen LogP contribution in [0.15, 0.2) is 11.6 Å². The summed E-state index contributed by atoms with van der Waals surface area (Å²) >= 11 is 3.48. The Hall–Kier alpha value is -0.310. The van der Waals surface area contributed by atoms with Gasteiger partial charge in [0.05, 0.1) is 6.61 Å². The Morgan fingerprint density at radius 3 is 1.72 bits per heavy atom. The van der Waals surface area contributed by atoms with Crippen molar-refractivity contribution >= 4 is 21.9 Å². The van der Waals surface area contributed by atoms with E-state index < -0.39 is 0 Å². The molecule has 0 unspecified atom stereocenters. The van der Waals surface area contributed by atoms with Crippen LogP contribution in [0.1, 0.15) is 136 Å².